The van der Waals surface area contributed by atoms with Gasteiger partial charge in [-0.05, 0) is 38.8 Å². The topological polar surface area (TPSA) is 58.1 Å². The van der Waals surface area contributed by atoms with Gasteiger partial charge in [-0.3, -0.25) is 9.89 Å². The quantitative estimate of drug-likeness (QED) is 0.519. The normalized spacial score (nSPS) is 17.0. The summed E-state index contributed by atoms with van der Waals surface area (Å²) in [6.07, 6.45) is 0.902. The van der Waals surface area contributed by atoms with Gasteiger partial charge >= 0.3 is 0 Å². The summed E-state index contributed by atoms with van der Waals surface area (Å²) in [5.41, 5.74) is 1.22. The first kappa shape index (κ1) is 20.5. The molecule has 1 fully saturated rings. The van der Waals surface area contributed by atoms with Crippen molar-refractivity contribution in [1.29, 1.82) is 0 Å². The zero-order valence-corrected chi connectivity index (χ0v) is 16.5. The van der Waals surface area contributed by atoms with Crippen LogP contribution in [0.2, 0.25) is 0 Å². The summed E-state index contributed by atoms with van der Waals surface area (Å²) >= 11 is 0. The van der Waals surface area contributed by atoms with Gasteiger partial charge < -0.3 is 20.1 Å². The molecule has 0 aliphatic carbocycles. The molecule has 26 heavy (non-hydrogen) atoms. The van der Waals surface area contributed by atoms with Gasteiger partial charge in [0.05, 0.1) is 26.4 Å². The van der Waals surface area contributed by atoms with Crippen LogP contribution in [0.25, 0.3) is 0 Å². The van der Waals surface area contributed by atoms with E-state index in [2.05, 4.69) is 41.5 Å². The highest BCUT2D eigenvalue weighted by atomic mass is 16.5. The number of guanidine groups is 1. The van der Waals surface area contributed by atoms with E-state index in [1.54, 1.807) is 0 Å². The molecule has 0 bridgehead atoms. The van der Waals surface area contributed by atoms with Crippen molar-refractivity contribution in [3.05, 3.63) is 29.8 Å². The molecule has 1 aromatic carbocycles. The lowest BCUT2D eigenvalue weighted by Gasteiger charge is -2.31. The molecule has 2 rings (SSSR count). The second-order valence-electron chi connectivity index (χ2n) is 6.43. The lowest BCUT2D eigenvalue weighted by molar-refractivity contribution is 0.0220. The number of benzene rings is 1. The Kier molecular flexibility index (Phi) is 9.28. The third-order valence-electron chi connectivity index (χ3n) is 4.49. The zero-order chi connectivity index (χ0) is 18.6. The molecule has 1 saturated heterocycles. The van der Waals surface area contributed by atoms with Crippen LogP contribution in [0.1, 0.15) is 26.3 Å². The molecular weight excluding hydrogens is 328 g/mol. The van der Waals surface area contributed by atoms with Crippen molar-refractivity contribution in [3.8, 4) is 5.75 Å². The highest BCUT2D eigenvalue weighted by Gasteiger charge is 2.16. The van der Waals surface area contributed by atoms with Crippen LogP contribution in [0, 0.1) is 0 Å². The molecule has 1 heterocycles. The van der Waals surface area contributed by atoms with Crippen LogP contribution in [0.5, 0.6) is 5.75 Å². The zero-order valence-electron chi connectivity index (χ0n) is 16.5. The van der Waals surface area contributed by atoms with Crippen molar-refractivity contribution in [2.45, 2.75) is 33.2 Å². The highest BCUT2D eigenvalue weighted by Crippen LogP contribution is 2.17. The molecule has 0 spiro atoms. The number of hydrogen-bond donors (Lipinski definition) is 2. The molecule has 0 aromatic heterocycles. The largest absolute Gasteiger partial charge is 0.494 e. The minimum Gasteiger partial charge on any atom is -0.494 e. The van der Waals surface area contributed by atoms with Crippen molar-refractivity contribution < 1.29 is 9.47 Å². The van der Waals surface area contributed by atoms with Crippen LogP contribution in [-0.4, -0.2) is 69.4 Å². The van der Waals surface area contributed by atoms with Gasteiger partial charge in [0.15, 0.2) is 5.96 Å². The summed E-state index contributed by atoms with van der Waals surface area (Å²) in [6, 6.07) is 8.65. The summed E-state index contributed by atoms with van der Waals surface area (Å²) in [5.74, 6) is 1.85. The minimum atomic E-state index is 0.424. The third-order valence-corrected chi connectivity index (χ3v) is 4.49. The minimum absolute atomic E-state index is 0.424. The van der Waals surface area contributed by atoms with Crippen LogP contribution >= 0.6 is 0 Å². The third kappa shape index (κ3) is 6.84. The Morgan fingerprint density at radius 2 is 2.00 bits per heavy atom. The van der Waals surface area contributed by atoms with Crippen LogP contribution in [0.4, 0.5) is 0 Å². The number of rotatable bonds is 9. The van der Waals surface area contributed by atoms with E-state index in [9.17, 15) is 0 Å². The lowest BCUT2D eigenvalue weighted by Crippen LogP contribution is -2.44. The summed E-state index contributed by atoms with van der Waals surface area (Å²) in [5, 5.41) is 6.77. The molecule has 6 nitrogen and oxygen atoms in total. The first-order valence-electron chi connectivity index (χ1n) is 9.79. The molecule has 1 atom stereocenters. The number of para-hydroxylation sites is 1. The fourth-order valence-electron chi connectivity index (χ4n) is 3.02. The highest BCUT2D eigenvalue weighted by molar-refractivity contribution is 5.79. The van der Waals surface area contributed by atoms with Crippen LogP contribution in [0.3, 0.4) is 0 Å². The summed E-state index contributed by atoms with van der Waals surface area (Å²) in [6.45, 7) is 13.1. The smallest absolute Gasteiger partial charge is 0.191 e. The van der Waals surface area contributed by atoms with Crippen LogP contribution in [0.15, 0.2) is 29.3 Å². The van der Waals surface area contributed by atoms with E-state index >= 15 is 0 Å². The average molecular weight is 363 g/mol. The Morgan fingerprint density at radius 1 is 1.23 bits per heavy atom. The van der Waals surface area contributed by atoms with Crippen molar-refractivity contribution in [2.24, 2.45) is 4.99 Å². The standard InChI is InChI=1S/C20H34N4O2/c1-4-21-20(23-16-17(3)24-12-14-25-15-13-24)22-11-10-18-8-6-7-9-19(18)26-5-2/h6-9,17H,4-5,10-16H2,1-3H3,(H2,21,22,23). The van der Waals surface area contributed by atoms with Gasteiger partial charge in [-0.2, -0.15) is 0 Å². The molecule has 146 valence electrons. The molecule has 1 aliphatic rings. The van der Waals surface area contributed by atoms with Gasteiger partial charge in [-0.25, -0.2) is 0 Å². The lowest BCUT2D eigenvalue weighted by atomic mass is 10.1. The first-order chi connectivity index (χ1) is 12.7. The van der Waals surface area contributed by atoms with Gasteiger partial charge in [0.25, 0.3) is 0 Å². The maximum Gasteiger partial charge on any atom is 0.191 e. The Hall–Kier alpha value is -1.79. The van der Waals surface area contributed by atoms with E-state index in [0.717, 1.165) is 64.1 Å². The van der Waals surface area contributed by atoms with Crippen molar-refractivity contribution >= 4 is 5.96 Å². The number of ether oxygens (including phenoxy) is 2. The summed E-state index contributed by atoms with van der Waals surface area (Å²) in [4.78, 5) is 7.20. The van der Waals surface area contributed by atoms with E-state index < -0.39 is 0 Å². The number of aliphatic imine (C=N–C) groups is 1. The Labute approximate surface area is 158 Å². The van der Waals surface area contributed by atoms with Gasteiger partial charge in [0.2, 0.25) is 0 Å². The fourth-order valence-corrected chi connectivity index (χ4v) is 3.02. The number of nitrogens with zero attached hydrogens (tertiary/aromatic N) is 2. The molecule has 1 aromatic rings. The second-order valence-corrected chi connectivity index (χ2v) is 6.43. The molecule has 1 aliphatic heterocycles. The molecule has 2 N–H and O–H groups in total. The van der Waals surface area contributed by atoms with Gasteiger partial charge in [0, 0.05) is 32.2 Å². The number of morpholine rings is 1. The van der Waals surface area contributed by atoms with Crippen molar-refractivity contribution in [2.75, 3.05) is 52.5 Å². The molecular formula is C20H34N4O2. The van der Waals surface area contributed by atoms with E-state index in [0.29, 0.717) is 12.6 Å². The molecule has 0 saturated carbocycles. The maximum atomic E-state index is 5.70. The van der Waals surface area contributed by atoms with Gasteiger partial charge in [-0.1, -0.05) is 18.2 Å². The maximum absolute atomic E-state index is 5.70. The number of hydrogen-bond acceptors (Lipinski definition) is 4. The van der Waals surface area contributed by atoms with Gasteiger partial charge in [-0.15, -0.1) is 0 Å². The summed E-state index contributed by atoms with van der Waals surface area (Å²) in [7, 11) is 0. The molecule has 6 heteroatoms. The number of nitrogens with one attached hydrogen (secondary N) is 2. The Morgan fingerprint density at radius 3 is 2.73 bits per heavy atom. The Bertz CT molecular complexity index is 544. The van der Waals surface area contributed by atoms with Crippen molar-refractivity contribution in [3.63, 3.8) is 0 Å². The second kappa shape index (κ2) is 11.8. The van der Waals surface area contributed by atoms with Gasteiger partial charge in [0.1, 0.15) is 5.75 Å². The monoisotopic (exact) mass is 362 g/mol. The Balaban J connectivity index is 1.83. The van der Waals surface area contributed by atoms with E-state index in [4.69, 9.17) is 14.5 Å². The molecule has 0 amide bonds. The fraction of sp³-hybridized carbons (Fsp3) is 0.650. The van der Waals surface area contributed by atoms with E-state index in [1.165, 1.54) is 5.56 Å². The average Bonchev–Trinajstić information content (AvgIpc) is 2.68. The van der Waals surface area contributed by atoms with Crippen LogP contribution < -0.4 is 15.4 Å². The predicted molar refractivity (Wildman–Crippen MR) is 107 cm³/mol. The van der Waals surface area contributed by atoms with E-state index in [-0.39, 0.29) is 0 Å². The SMILES string of the molecule is CCNC(=NCC(C)N1CCOCC1)NCCc1ccccc1OCC. The predicted octanol–water partition coefficient (Wildman–Crippen LogP) is 1.90. The van der Waals surface area contributed by atoms with Crippen molar-refractivity contribution in [1.82, 2.24) is 15.5 Å². The molecule has 1 unspecified atom stereocenters. The van der Waals surface area contributed by atoms with E-state index in [1.807, 2.05) is 19.1 Å². The molecule has 0 radical (unpaired) electrons. The summed E-state index contributed by atoms with van der Waals surface area (Å²) < 4.78 is 11.1. The first-order valence-corrected chi connectivity index (χ1v) is 9.79. The van der Waals surface area contributed by atoms with Crippen LogP contribution in [-0.2, 0) is 11.2 Å².